The molecule has 0 atom stereocenters. The van der Waals surface area contributed by atoms with Crippen LogP contribution in [0.4, 0.5) is 10.1 Å². The van der Waals surface area contributed by atoms with Crippen molar-refractivity contribution in [1.29, 1.82) is 0 Å². The molecule has 2 aliphatic heterocycles. The molecular weight excluding hydrogens is 469 g/mol. The standard InChI is InChI=1S/C30H30FN3O3/c31-25-9-2-1-8-24(25)21-34-26-10-3-4-11-27(26)37-28(30(34)36)20-22-12-14-23(15-13-22)29(35)32-16-7-19-33-17-5-6-18-33/h1-4,8-15,20H,5-7,16-19,21H2,(H,32,35). The highest BCUT2D eigenvalue weighted by Crippen LogP contribution is 2.36. The van der Waals surface area contributed by atoms with E-state index in [9.17, 15) is 14.0 Å². The molecule has 2 heterocycles. The lowest BCUT2D eigenvalue weighted by Gasteiger charge is -2.30. The second-order valence-corrected chi connectivity index (χ2v) is 9.34. The number of benzene rings is 3. The molecule has 2 aliphatic rings. The molecule has 1 N–H and O–H groups in total. The number of hydrogen-bond donors (Lipinski definition) is 1. The molecule has 1 saturated heterocycles. The third-order valence-corrected chi connectivity index (χ3v) is 6.72. The van der Waals surface area contributed by atoms with Gasteiger partial charge in [0.1, 0.15) is 5.82 Å². The molecule has 0 saturated carbocycles. The van der Waals surface area contributed by atoms with Gasteiger partial charge in [-0.05, 0) is 80.9 Å². The number of fused-ring (bicyclic) bond motifs is 1. The summed E-state index contributed by atoms with van der Waals surface area (Å²) in [5.74, 6) is -0.184. The molecule has 0 spiro atoms. The fourth-order valence-electron chi connectivity index (χ4n) is 4.71. The Balaban J connectivity index is 1.27. The Morgan fingerprint density at radius 3 is 2.49 bits per heavy atom. The fourth-order valence-corrected chi connectivity index (χ4v) is 4.71. The van der Waals surface area contributed by atoms with Crippen molar-refractivity contribution in [2.24, 2.45) is 0 Å². The number of amides is 2. The summed E-state index contributed by atoms with van der Waals surface area (Å²) in [6, 6.07) is 20.7. The van der Waals surface area contributed by atoms with Crippen molar-refractivity contribution in [2.45, 2.75) is 25.8 Å². The van der Waals surface area contributed by atoms with Gasteiger partial charge in [0.15, 0.2) is 11.5 Å². The number of nitrogens with one attached hydrogen (secondary N) is 1. The first kappa shape index (κ1) is 24.7. The van der Waals surface area contributed by atoms with Crippen molar-refractivity contribution in [3.05, 3.63) is 101 Å². The maximum atomic E-state index is 14.3. The van der Waals surface area contributed by atoms with Crippen LogP contribution < -0.4 is 15.0 Å². The molecule has 6 nitrogen and oxygen atoms in total. The average Bonchev–Trinajstić information content (AvgIpc) is 3.44. The van der Waals surface area contributed by atoms with Crippen LogP contribution in [0.1, 0.15) is 40.7 Å². The number of anilines is 1. The molecule has 3 aromatic carbocycles. The number of likely N-dealkylation sites (tertiary alicyclic amines) is 1. The van der Waals surface area contributed by atoms with Gasteiger partial charge < -0.3 is 15.0 Å². The van der Waals surface area contributed by atoms with Crippen molar-refractivity contribution < 1.29 is 18.7 Å². The van der Waals surface area contributed by atoms with Crippen LogP contribution >= 0.6 is 0 Å². The predicted octanol–water partition coefficient (Wildman–Crippen LogP) is 5.01. The van der Waals surface area contributed by atoms with E-state index in [1.165, 1.54) is 23.8 Å². The van der Waals surface area contributed by atoms with Crippen LogP contribution in [0.3, 0.4) is 0 Å². The van der Waals surface area contributed by atoms with Crippen LogP contribution in [0.15, 0.2) is 78.6 Å². The number of carbonyl (C=O) groups is 2. The smallest absolute Gasteiger partial charge is 0.294 e. The van der Waals surface area contributed by atoms with Gasteiger partial charge in [0.05, 0.1) is 12.2 Å². The van der Waals surface area contributed by atoms with Crippen molar-refractivity contribution in [2.75, 3.05) is 31.1 Å². The molecule has 37 heavy (non-hydrogen) atoms. The van der Waals surface area contributed by atoms with Crippen LogP contribution in [0.2, 0.25) is 0 Å². The summed E-state index contributed by atoms with van der Waals surface area (Å²) >= 11 is 0. The summed E-state index contributed by atoms with van der Waals surface area (Å²) in [6.45, 7) is 4.05. The van der Waals surface area contributed by atoms with Crippen LogP contribution in [-0.4, -0.2) is 42.9 Å². The van der Waals surface area contributed by atoms with Crippen molar-refractivity contribution >= 4 is 23.6 Å². The lowest BCUT2D eigenvalue weighted by molar-refractivity contribution is -0.117. The van der Waals surface area contributed by atoms with Gasteiger partial charge in [-0.2, -0.15) is 0 Å². The minimum Gasteiger partial charge on any atom is -0.449 e. The van der Waals surface area contributed by atoms with E-state index in [2.05, 4.69) is 10.2 Å². The molecule has 5 rings (SSSR count). The number of halogens is 1. The largest absolute Gasteiger partial charge is 0.449 e. The van der Waals surface area contributed by atoms with E-state index in [-0.39, 0.29) is 29.9 Å². The molecule has 0 radical (unpaired) electrons. The average molecular weight is 500 g/mol. The highest BCUT2D eigenvalue weighted by atomic mass is 19.1. The van der Waals surface area contributed by atoms with Crippen LogP contribution in [0.25, 0.3) is 6.08 Å². The zero-order chi connectivity index (χ0) is 25.6. The van der Waals surface area contributed by atoms with Crippen LogP contribution in [0.5, 0.6) is 5.75 Å². The first-order valence-electron chi connectivity index (χ1n) is 12.7. The predicted molar refractivity (Wildman–Crippen MR) is 142 cm³/mol. The van der Waals surface area contributed by atoms with Gasteiger partial charge in [-0.1, -0.05) is 42.5 Å². The summed E-state index contributed by atoms with van der Waals surface area (Å²) in [4.78, 5) is 29.8. The van der Waals surface area contributed by atoms with E-state index in [1.807, 2.05) is 12.1 Å². The SMILES string of the molecule is O=C(NCCCN1CCCC1)c1ccc(C=C2Oc3ccccc3N(Cc3ccccc3F)C2=O)cc1. The molecule has 0 aliphatic carbocycles. The summed E-state index contributed by atoms with van der Waals surface area (Å²) in [5, 5.41) is 2.98. The maximum Gasteiger partial charge on any atom is 0.294 e. The second-order valence-electron chi connectivity index (χ2n) is 9.34. The summed E-state index contributed by atoms with van der Waals surface area (Å²) in [7, 11) is 0. The highest BCUT2D eigenvalue weighted by molar-refractivity contribution is 6.09. The van der Waals surface area contributed by atoms with E-state index in [1.54, 1.807) is 60.7 Å². The molecular formula is C30H30FN3O3. The summed E-state index contributed by atoms with van der Waals surface area (Å²) < 4.78 is 20.3. The molecule has 0 aromatic heterocycles. The van der Waals surface area contributed by atoms with Gasteiger partial charge in [-0.25, -0.2) is 4.39 Å². The number of ether oxygens (including phenoxy) is 1. The number of hydrogen-bond acceptors (Lipinski definition) is 4. The zero-order valence-electron chi connectivity index (χ0n) is 20.7. The first-order chi connectivity index (χ1) is 18.1. The number of nitrogens with zero attached hydrogens (tertiary/aromatic N) is 2. The van der Waals surface area contributed by atoms with Crippen LogP contribution in [-0.2, 0) is 11.3 Å². The quantitative estimate of drug-likeness (QED) is 0.350. The van der Waals surface area contributed by atoms with Crippen molar-refractivity contribution in [3.63, 3.8) is 0 Å². The molecule has 0 bridgehead atoms. The van der Waals surface area contributed by atoms with Crippen molar-refractivity contribution in [1.82, 2.24) is 10.2 Å². The minimum absolute atomic E-state index is 0.0834. The molecule has 1 fully saturated rings. The van der Waals surface area contributed by atoms with Gasteiger partial charge in [0.2, 0.25) is 0 Å². The van der Waals surface area contributed by atoms with E-state index >= 15 is 0 Å². The number of rotatable bonds is 8. The molecule has 190 valence electrons. The Morgan fingerprint density at radius 1 is 0.973 bits per heavy atom. The Hall–Kier alpha value is -3.97. The monoisotopic (exact) mass is 499 g/mol. The molecule has 0 unspecified atom stereocenters. The van der Waals surface area contributed by atoms with Gasteiger partial charge in [-0.15, -0.1) is 0 Å². The van der Waals surface area contributed by atoms with E-state index in [0.29, 0.717) is 29.1 Å². The third kappa shape index (κ3) is 5.89. The number of carbonyl (C=O) groups excluding carboxylic acids is 2. The van der Waals surface area contributed by atoms with Gasteiger partial charge in [-0.3, -0.25) is 14.5 Å². The van der Waals surface area contributed by atoms with Gasteiger partial charge >= 0.3 is 0 Å². The van der Waals surface area contributed by atoms with Gasteiger partial charge in [0.25, 0.3) is 11.8 Å². The molecule has 7 heteroatoms. The Morgan fingerprint density at radius 2 is 1.70 bits per heavy atom. The minimum atomic E-state index is -0.366. The fraction of sp³-hybridized carbons (Fsp3) is 0.267. The zero-order valence-corrected chi connectivity index (χ0v) is 20.7. The summed E-state index contributed by atoms with van der Waals surface area (Å²) in [6.07, 6.45) is 5.10. The normalized spacial score (nSPS) is 16.5. The highest BCUT2D eigenvalue weighted by Gasteiger charge is 2.30. The van der Waals surface area contributed by atoms with E-state index < -0.39 is 0 Å². The van der Waals surface area contributed by atoms with Gasteiger partial charge in [0, 0.05) is 17.7 Å². The molecule has 2 amide bonds. The molecule has 3 aromatic rings. The Labute approximate surface area is 216 Å². The van der Waals surface area contributed by atoms with Crippen LogP contribution in [0, 0.1) is 5.82 Å². The van der Waals surface area contributed by atoms with E-state index in [4.69, 9.17) is 4.74 Å². The Kier molecular flexibility index (Phi) is 7.61. The third-order valence-electron chi connectivity index (χ3n) is 6.72. The maximum absolute atomic E-state index is 14.3. The summed E-state index contributed by atoms with van der Waals surface area (Å²) in [5.41, 5.74) is 2.29. The topological polar surface area (TPSA) is 61.9 Å². The number of para-hydroxylation sites is 2. The lowest BCUT2D eigenvalue weighted by Crippen LogP contribution is -2.37. The van der Waals surface area contributed by atoms with Crippen molar-refractivity contribution in [3.8, 4) is 5.75 Å². The van der Waals surface area contributed by atoms with E-state index in [0.717, 1.165) is 31.6 Å². The first-order valence-corrected chi connectivity index (χ1v) is 12.7. The lowest BCUT2D eigenvalue weighted by atomic mass is 10.1. The Bertz CT molecular complexity index is 1300. The second kappa shape index (κ2) is 11.4.